The van der Waals surface area contributed by atoms with Gasteiger partial charge in [0.15, 0.2) is 0 Å². The third-order valence-electron chi connectivity index (χ3n) is 1.61. The van der Waals surface area contributed by atoms with Gasteiger partial charge in [0.2, 0.25) is 11.2 Å². The summed E-state index contributed by atoms with van der Waals surface area (Å²) in [4.78, 5) is 22.0. The first-order chi connectivity index (χ1) is 7.67. The maximum atomic E-state index is 11.3. The van der Waals surface area contributed by atoms with E-state index in [9.17, 15) is 9.59 Å². The molecule has 0 saturated carbocycles. The molecule has 0 amide bonds. The minimum absolute atomic E-state index is 0.0858. The van der Waals surface area contributed by atoms with E-state index in [0.717, 1.165) is 24.7 Å². The van der Waals surface area contributed by atoms with Crippen LogP contribution in [0.15, 0.2) is 33.9 Å². The van der Waals surface area contributed by atoms with Gasteiger partial charge in [0, 0.05) is 6.07 Å². The van der Waals surface area contributed by atoms with Crippen molar-refractivity contribution in [2.24, 2.45) is 0 Å². The molecule has 1 aromatic heterocycles. The van der Waals surface area contributed by atoms with Crippen molar-refractivity contribution < 1.29 is 23.8 Å². The van der Waals surface area contributed by atoms with Gasteiger partial charge < -0.3 is 19.0 Å². The molecule has 0 aromatic carbocycles. The van der Waals surface area contributed by atoms with Gasteiger partial charge in [0.05, 0.1) is 19.4 Å². The molecule has 0 radical (unpaired) electrons. The van der Waals surface area contributed by atoms with E-state index in [-0.39, 0.29) is 18.1 Å². The fourth-order valence-electron chi connectivity index (χ4n) is 0.838. The SMILES string of the molecule is COC(=O)/C=C/Oc1coc(CO)cc1=O. The third kappa shape index (κ3) is 3.25. The molecular formula is C10H10O6. The van der Waals surface area contributed by atoms with Gasteiger partial charge in [-0.1, -0.05) is 0 Å². The number of hydrogen-bond donors (Lipinski definition) is 1. The molecule has 1 N–H and O–H groups in total. The van der Waals surface area contributed by atoms with Crippen molar-refractivity contribution >= 4 is 5.97 Å². The second kappa shape index (κ2) is 5.72. The lowest BCUT2D eigenvalue weighted by Gasteiger charge is -1.99. The Kier molecular flexibility index (Phi) is 4.28. The molecule has 16 heavy (non-hydrogen) atoms. The highest BCUT2D eigenvalue weighted by atomic mass is 16.5. The molecule has 6 nitrogen and oxygen atoms in total. The number of carbonyl (C=O) groups excluding carboxylic acids is 1. The molecule has 0 unspecified atom stereocenters. The summed E-state index contributed by atoms with van der Waals surface area (Å²) < 4.78 is 14.0. The van der Waals surface area contributed by atoms with E-state index in [1.165, 1.54) is 7.11 Å². The lowest BCUT2D eigenvalue weighted by atomic mass is 10.4. The first-order valence-corrected chi connectivity index (χ1v) is 4.31. The summed E-state index contributed by atoms with van der Waals surface area (Å²) in [6.45, 7) is -0.368. The van der Waals surface area contributed by atoms with Crippen LogP contribution in [0.1, 0.15) is 5.76 Å². The average Bonchev–Trinajstić information content (AvgIpc) is 2.30. The Bertz CT molecular complexity index is 445. The second-order valence-corrected chi connectivity index (χ2v) is 2.68. The van der Waals surface area contributed by atoms with E-state index in [2.05, 4.69) is 4.74 Å². The smallest absolute Gasteiger partial charge is 0.333 e. The summed E-state index contributed by atoms with van der Waals surface area (Å²) in [5.41, 5.74) is -0.454. The summed E-state index contributed by atoms with van der Waals surface area (Å²) in [6, 6.07) is 1.10. The number of hydrogen-bond acceptors (Lipinski definition) is 6. The number of esters is 1. The van der Waals surface area contributed by atoms with Crippen molar-refractivity contribution in [2.75, 3.05) is 7.11 Å². The molecule has 0 fully saturated rings. The van der Waals surface area contributed by atoms with Gasteiger partial charge in [0.1, 0.15) is 18.6 Å². The van der Waals surface area contributed by atoms with E-state index in [4.69, 9.17) is 14.3 Å². The second-order valence-electron chi connectivity index (χ2n) is 2.68. The van der Waals surface area contributed by atoms with Crippen LogP contribution in [0.5, 0.6) is 5.75 Å². The fourth-order valence-corrected chi connectivity index (χ4v) is 0.838. The highest BCUT2D eigenvalue weighted by Gasteiger charge is 2.02. The highest BCUT2D eigenvalue weighted by molar-refractivity contribution is 5.81. The minimum Gasteiger partial charge on any atom is -0.466 e. The van der Waals surface area contributed by atoms with Gasteiger partial charge in [-0.15, -0.1) is 0 Å². The van der Waals surface area contributed by atoms with E-state index in [1.54, 1.807) is 0 Å². The van der Waals surface area contributed by atoms with E-state index < -0.39 is 11.4 Å². The van der Waals surface area contributed by atoms with Crippen LogP contribution in [0.3, 0.4) is 0 Å². The molecule has 0 spiro atoms. The van der Waals surface area contributed by atoms with Crippen LogP contribution in [0.4, 0.5) is 0 Å². The van der Waals surface area contributed by atoms with Gasteiger partial charge in [0.25, 0.3) is 0 Å². The Morgan fingerprint density at radius 1 is 1.62 bits per heavy atom. The van der Waals surface area contributed by atoms with Crippen LogP contribution >= 0.6 is 0 Å². The van der Waals surface area contributed by atoms with E-state index in [1.807, 2.05) is 0 Å². The predicted molar refractivity (Wildman–Crippen MR) is 52.7 cm³/mol. The topological polar surface area (TPSA) is 86.0 Å². The van der Waals surface area contributed by atoms with Gasteiger partial charge in [-0.3, -0.25) is 4.79 Å². The molecule has 0 aliphatic rings. The van der Waals surface area contributed by atoms with Gasteiger partial charge in [-0.05, 0) is 0 Å². The van der Waals surface area contributed by atoms with Gasteiger partial charge in [-0.2, -0.15) is 0 Å². The van der Waals surface area contributed by atoms with Gasteiger partial charge >= 0.3 is 5.97 Å². The van der Waals surface area contributed by atoms with Crippen molar-refractivity contribution in [1.29, 1.82) is 0 Å². The fraction of sp³-hybridized carbons (Fsp3) is 0.200. The van der Waals surface area contributed by atoms with Crippen molar-refractivity contribution in [3.63, 3.8) is 0 Å². The van der Waals surface area contributed by atoms with E-state index in [0.29, 0.717) is 0 Å². The van der Waals surface area contributed by atoms with Crippen LogP contribution in [0.2, 0.25) is 0 Å². The summed E-state index contributed by atoms with van der Waals surface area (Å²) >= 11 is 0. The van der Waals surface area contributed by atoms with Crippen LogP contribution < -0.4 is 10.2 Å². The Morgan fingerprint density at radius 2 is 2.38 bits per heavy atom. The van der Waals surface area contributed by atoms with Crippen molar-refractivity contribution in [2.45, 2.75) is 6.61 Å². The lowest BCUT2D eigenvalue weighted by molar-refractivity contribution is -0.134. The minimum atomic E-state index is -0.601. The first kappa shape index (κ1) is 12.0. The summed E-state index contributed by atoms with van der Waals surface area (Å²) in [5.74, 6) is -0.553. The van der Waals surface area contributed by atoms with Crippen LogP contribution in [-0.2, 0) is 16.1 Å². The summed E-state index contributed by atoms with van der Waals surface area (Å²) in [6.07, 6.45) is 3.08. The van der Waals surface area contributed by atoms with E-state index >= 15 is 0 Å². The molecule has 1 aromatic rings. The number of rotatable bonds is 4. The number of methoxy groups -OCH3 is 1. The molecule has 0 bridgehead atoms. The Hall–Kier alpha value is -2.08. The Labute approximate surface area is 90.7 Å². The van der Waals surface area contributed by atoms with Crippen molar-refractivity contribution in [3.05, 3.63) is 40.7 Å². The number of aliphatic hydroxyl groups excluding tert-OH is 1. The summed E-state index contributed by atoms with van der Waals surface area (Å²) in [5, 5.41) is 8.69. The zero-order chi connectivity index (χ0) is 12.0. The monoisotopic (exact) mass is 226 g/mol. The zero-order valence-electron chi connectivity index (χ0n) is 8.50. The zero-order valence-corrected chi connectivity index (χ0v) is 8.50. The molecule has 0 aliphatic carbocycles. The van der Waals surface area contributed by atoms with Crippen LogP contribution in [0, 0.1) is 0 Å². The molecule has 6 heteroatoms. The quantitative estimate of drug-likeness (QED) is 0.448. The van der Waals surface area contributed by atoms with Crippen LogP contribution in [-0.4, -0.2) is 18.2 Å². The standard InChI is InChI=1S/C10H10O6/c1-14-10(13)2-3-15-9-6-16-7(5-11)4-8(9)12/h2-4,6,11H,5H2,1H3/b3-2+. The molecule has 86 valence electrons. The van der Waals surface area contributed by atoms with Gasteiger partial charge in [-0.25, -0.2) is 4.79 Å². The third-order valence-corrected chi connectivity index (χ3v) is 1.61. The molecule has 1 rings (SSSR count). The number of carbonyl (C=O) groups is 1. The van der Waals surface area contributed by atoms with Crippen LogP contribution in [0.25, 0.3) is 0 Å². The average molecular weight is 226 g/mol. The Morgan fingerprint density at radius 3 is 2.94 bits per heavy atom. The lowest BCUT2D eigenvalue weighted by Crippen LogP contribution is -2.05. The number of aliphatic hydroxyl groups is 1. The largest absolute Gasteiger partial charge is 0.466 e. The molecule has 0 atom stereocenters. The van der Waals surface area contributed by atoms with Crippen molar-refractivity contribution in [3.8, 4) is 5.75 Å². The van der Waals surface area contributed by atoms with Crippen molar-refractivity contribution in [1.82, 2.24) is 0 Å². The highest BCUT2D eigenvalue weighted by Crippen LogP contribution is 2.05. The maximum Gasteiger partial charge on any atom is 0.333 e. The normalized spacial score (nSPS) is 10.4. The maximum absolute atomic E-state index is 11.3. The molecule has 0 aliphatic heterocycles. The predicted octanol–water partition coefficient (Wildman–Crippen LogP) is 0.198. The Balaban J connectivity index is 2.72. The molecular weight excluding hydrogens is 216 g/mol. The number of ether oxygens (including phenoxy) is 2. The first-order valence-electron chi connectivity index (χ1n) is 4.31. The molecule has 0 saturated heterocycles. The summed E-state index contributed by atoms with van der Waals surface area (Å²) in [7, 11) is 1.22. The molecule has 1 heterocycles.